The number of nitrogens with zero attached hydrogens (tertiary/aromatic N) is 4. The molecule has 0 radical (unpaired) electrons. The smallest absolute Gasteiger partial charge is 0.299 e. The Bertz CT molecular complexity index is 1030. The zero-order chi connectivity index (χ0) is 21.7. The third kappa shape index (κ3) is 4.98. The van der Waals surface area contributed by atoms with Gasteiger partial charge in [0.05, 0.1) is 35.2 Å². The largest absolute Gasteiger partial charge is 0.417 e. The minimum atomic E-state index is -4.59. The van der Waals surface area contributed by atoms with Gasteiger partial charge in [-0.05, 0) is 25.2 Å². The topological polar surface area (TPSA) is 68.1 Å². The molecule has 0 aliphatic rings. The van der Waals surface area contributed by atoms with Crippen LogP contribution in [0.1, 0.15) is 32.0 Å². The molecule has 0 aliphatic carbocycles. The average molecular weight is 416 g/mol. The molecule has 0 amide bonds. The Hall–Kier alpha value is -3.33. The minimum Gasteiger partial charge on any atom is -0.299 e. The van der Waals surface area contributed by atoms with Crippen LogP contribution < -0.4 is 0 Å². The second kappa shape index (κ2) is 9.00. The molecule has 0 saturated heterocycles. The van der Waals surface area contributed by atoms with E-state index in [4.69, 9.17) is 0 Å². The quantitative estimate of drug-likeness (QED) is 0.416. The highest BCUT2D eigenvalue weighted by Crippen LogP contribution is 2.32. The summed E-state index contributed by atoms with van der Waals surface area (Å²) in [5.41, 5.74) is 0.331. The number of likely N-dealkylation sites (N-methyl/N-ethyl adjacent to an activating group) is 1. The number of aldehydes is 1. The van der Waals surface area contributed by atoms with Gasteiger partial charge in [-0.25, -0.2) is 4.68 Å². The lowest BCUT2D eigenvalue weighted by molar-refractivity contribution is -0.137. The lowest BCUT2D eigenvalue weighted by atomic mass is 10.0. The van der Waals surface area contributed by atoms with Gasteiger partial charge in [-0.1, -0.05) is 18.2 Å². The lowest BCUT2D eigenvalue weighted by Gasteiger charge is -2.17. The van der Waals surface area contributed by atoms with E-state index >= 15 is 0 Å². The molecule has 0 bridgehead atoms. The van der Waals surface area contributed by atoms with Crippen molar-refractivity contribution in [2.45, 2.75) is 12.6 Å². The molecule has 3 rings (SSSR count). The molecule has 6 nitrogen and oxygen atoms in total. The molecule has 0 saturated carbocycles. The van der Waals surface area contributed by atoms with Crippen LogP contribution in [0.15, 0.2) is 55.0 Å². The summed E-state index contributed by atoms with van der Waals surface area (Å²) in [6, 6.07) is 8.27. The molecule has 2 aromatic heterocycles. The number of carbonyl (C=O) groups is 2. The number of aromatic nitrogens is 3. The zero-order valence-corrected chi connectivity index (χ0v) is 16.1. The van der Waals surface area contributed by atoms with E-state index in [0.717, 1.165) is 6.07 Å². The molecule has 9 heteroatoms. The second-order valence-corrected chi connectivity index (χ2v) is 6.76. The number of Topliss-reactive ketones (excluding diaryl/α,β-unsaturated/α-hetero) is 1. The molecule has 2 heterocycles. The summed E-state index contributed by atoms with van der Waals surface area (Å²) in [5.74, 6) is -0.623. The van der Waals surface area contributed by atoms with Gasteiger partial charge < -0.3 is 0 Å². The summed E-state index contributed by atoms with van der Waals surface area (Å²) < 4.78 is 40.9. The van der Waals surface area contributed by atoms with E-state index in [-0.39, 0.29) is 12.1 Å². The molecule has 0 unspecified atom stereocenters. The van der Waals surface area contributed by atoms with Crippen molar-refractivity contribution in [3.63, 3.8) is 0 Å². The fourth-order valence-corrected chi connectivity index (χ4v) is 3.02. The number of alkyl halides is 3. The Balaban J connectivity index is 1.67. The molecule has 156 valence electrons. The Morgan fingerprint density at radius 3 is 2.63 bits per heavy atom. The van der Waals surface area contributed by atoms with Crippen LogP contribution in [-0.4, -0.2) is 51.9 Å². The third-order valence-corrected chi connectivity index (χ3v) is 4.54. The van der Waals surface area contributed by atoms with E-state index < -0.39 is 17.5 Å². The molecule has 0 N–H and O–H groups in total. The fraction of sp³-hybridized carbons (Fsp3) is 0.238. The standard InChI is InChI=1S/C21H19F3N4O2/c1-27(13-20(30)17-6-2-3-7-18(17)21(22,23)24)10-8-19-15(14-29)12-28(26-19)16-5-4-9-25-11-16/h2-7,9,11-12,14H,8,10,13H2,1H3. The molecule has 0 aliphatic heterocycles. The molecule has 3 aromatic rings. The first-order chi connectivity index (χ1) is 14.3. The highest BCUT2D eigenvalue weighted by molar-refractivity contribution is 5.99. The SMILES string of the molecule is CN(CCc1nn(-c2cccnc2)cc1C=O)CC(=O)c1ccccc1C(F)(F)F. The van der Waals surface area contributed by atoms with Gasteiger partial charge in [0.2, 0.25) is 0 Å². The van der Waals surface area contributed by atoms with Crippen molar-refractivity contribution >= 4 is 12.1 Å². The normalized spacial score (nSPS) is 11.6. The fourth-order valence-electron chi connectivity index (χ4n) is 3.02. The number of ketones is 1. The van der Waals surface area contributed by atoms with Crippen molar-refractivity contribution < 1.29 is 22.8 Å². The summed E-state index contributed by atoms with van der Waals surface area (Å²) in [6.07, 6.45) is 1.27. The van der Waals surface area contributed by atoms with Gasteiger partial charge in [-0.15, -0.1) is 0 Å². The van der Waals surface area contributed by atoms with Gasteiger partial charge in [0, 0.05) is 30.9 Å². The van der Waals surface area contributed by atoms with E-state index in [9.17, 15) is 22.8 Å². The summed E-state index contributed by atoms with van der Waals surface area (Å²) in [4.78, 5) is 29.4. The number of halogens is 3. The molecular weight excluding hydrogens is 397 g/mol. The first kappa shape index (κ1) is 21.4. The van der Waals surface area contributed by atoms with Crippen LogP contribution in [0.25, 0.3) is 5.69 Å². The highest BCUT2D eigenvalue weighted by atomic mass is 19.4. The molecule has 0 fully saturated rings. The van der Waals surface area contributed by atoms with Gasteiger partial charge in [0.1, 0.15) is 0 Å². The lowest BCUT2D eigenvalue weighted by Crippen LogP contribution is -2.29. The summed E-state index contributed by atoms with van der Waals surface area (Å²) in [6.45, 7) is 0.150. The van der Waals surface area contributed by atoms with Crippen molar-refractivity contribution in [1.29, 1.82) is 0 Å². The Morgan fingerprint density at radius 1 is 1.20 bits per heavy atom. The third-order valence-electron chi connectivity index (χ3n) is 4.54. The molecule has 0 atom stereocenters. The maximum absolute atomic E-state index is 13.1. The van der Waals surface area contributed by atoms with Crippen LogP contribution in [0.5, 0.6) is 0 Å². The van der Waals surface area contributed by atoms with Crippen LogP contribution in [0.2, 0.25) is 0 Å². The summed E-state index contributed by atoms with van der Waals surface area (Å²) in [5, 5.41) is 4.39. The van der Waals surface area contributed by atoms with Crippen molar-refractivity contribution in [3.05, 3.63) is 77.4 Å². The van der Waals surface area contributed by atoms with Crippen molar-refractivity contribution in [1.82, 2.24) is 19.7 Å². The van der Waals surface area contributed by atoms with Crippen LogP contribution in [-0.2, 0) is 12.6 Å². The van der Waals surface area contributed by atoms with Crippen LogP contribution >= 0.6 is 0 Å². The Morgan fingerprint density at radius 2 is 1.97 bits per heavy atom. The minimum absolute atomic E-state index is 0.188. The van der Waals surface area contributed by atoms with Crippen molar-refractivity contribution in [2.75, 3.05) is 20.1 Å². The summed E-state index contributed by atoms with van der Waals surface area (Å²) >= 11 is 0. The maximum atomic E-state index is 13.1. The number of pyridine rings is 1. The van der Waals surface area contributed by atoms with Gasteiger partial charge in [-0.3, -0.25) is 19.5 Å². The van der Waals surface area contributed by atoms with Gasteiger partial charge >= 0.3 is 6.18 Å². The van der Waals surface area contributed by atoms with E-state index in [1.807, 2.05) is 0 Å². The number of carbonyl (C=O) groups excluding carboxylic acids is 2. The van der Waals surface area contributed by atoms with Crippen molar-refractivity contribution in [2.24, 2.45) is 0 Å². The van der Waals surface area contributed by atoms with Gasteiger partial charge in [0.15, 0.2) is 12.1 Å². The van der Waals surface area contributed by atoms with E-state index in [2.05, 4.69) is 10.1 Å². The number of rotatable bonds is 8. The Labute approximate surface area is 171 Å². The van der Waals surface area contributed by atoms with Gasteiger partial charge in [-0.2, -0.15) is 18.3 Å². The van der Waals surface area contributed by atoms with Crippen LogP contribution in [0.4, 0.5) is 13.2 Å². The molecular formula is C21H19F3N4O2. The van der Waals surface area contributed by atoms with Crippen molar-refractivity contribution in [3.8, 4) is 5.69 Å². The van der Waals surface area contributed by atoms with Crippen LogP contribution in [0.3, 0.4) is 0 Å². The number of hydrogen-bond acceptors (Lipinski definition) is 5. The number of benzene rings is 1. The average Bonchev–Trinajstić information content (AvgIpc) is 3.15. The van der Waals surface area contributed by atoms with E-state index in [1.54, 1.807) is 42.7 Å². The second-order valence-electron chi connectivity index (χ2n) is 6.76. The predicted octanol–water partition coefficient (Wildman–Crippen LogP) is 3.46. The van der Waals surface area contributed by atoms with Crippen LogP contribution in [0, 0.1) is 0 Å². The number of hydrogen-bond donors (Lipinski definition) is 0. The predicted molar refractivity (Wildman–Crippen MR) is 104 cm³/mol. The zero-order valence-electron chi connectivity index (χ0n) is 16.1. The molecule has 0 spiro atoms. The van der Waals surface area contributed by atoms with E-state index in [1.165, 1.54) is 22.9 Å². The first-order valence-electron chi connectivity index (χ1n) is 9.11. The Kier molecular flexibility index (Phi) is 6.41. The van der Waals surface area contributed by atoms with E-state index in [0.29, 0.717) is 36.2 Å². The maximum Gasteiger partial charge on any atom is 0.417 e. The monoisotopic (exact) mass is 416 g/mol. The molecule has 1 aromatic carbocycles. The first-order valence-corrected chi connectivity index (χ1v) is 9.11. The summed E-state index contributed by atoms with van der Waals surface area (Å²) in [7, 11) is 1.63. The van der Waals surface area contributed by atoms with Gasteiger partial charge in [0.25, 0.3) is 0 Å². The highest BCUT2D eigenvalue weighted by Gasteiger charge is 2.34. The molecule has 30 heavy (non-hydrogen) atoms.